The molecule has 126 valence electrons. The predicted octanol–water partition coefficient (Wildman–Crippen LogP) is 2.06. The number of amides is 2. The lowest BCUT2D eigenvalue weighted by atomic mass is 10.1. The number of benzene rings is 1. The SMILES string of the molecule is CC1NCCN(C(=O)c2ccc(N3CCCC3=O)cc2)C1C.Cl. The van der Waals surface area contributed by atoms with Crippen LogP contribution in [0.25, 0.3) is 0 Å². The first kappa shape index (κ1) is 17.8. The van der Waals surface area contributed by atoms with Gasteiger partial charge in [0.1, 0.15) is 0 Å². The molecule has 0 radical (unpaired) electrons. The fraction of sp³-hybridized carbons (Fsp3) is 0.529. The molecule has 0 aliphatic carbocycles. The Balaban J connectivity index is 0.00000192. The molecule has 1 aromatic carbocycles. The molecular weight excluding hydrogens is 314 g/mol. The number of hydrogen-bond acceptors (Lipinski definition) is 3. The normalized spacial score (nSPS) is 24.5. The van der Waals surface area contributed by atoms with E-state index in [1.54, 1.807) is 4.90 Å². The van der Waals surface area contributed by atoms with Crippen LogP contribution in [0.3, 0.4) is 0 Å². The van der Waals surface area contributed by atoms with Crippen molar-refractivity contribution in [3.8, 4) is 0 Å². The number of piperazine rings is 1. The number of anilines is 1. The predicted molar refractivity (Wildman–Crippen MR) is 93.2 cm³/mol. The molecule has 2 saturated heterocycles. The number of nitrogens with one attached hydrogen (secondary N) is 1. The summed E-state index contributed by atoms with van der Waals surface area (Å²) < 4.78 is 0. The van der Waals surface area contributed by atoms with Crippen LogP contribution in [0, 0.1) is 0 Å². The minimum atomic E-state index is 0. The summed E-state index contributed by atoms with van der Waals surface area (Å²) in [6.07, 6.45) is 1.53. The molecule has 2 amide bonds. The smallest absolute Gasteiger partial charge is 0.254 e. The maximum atomic E-state index is 12.7. The van der Waals surface area contributed by atoms with E-state index < -0.39 is 0 Å². The molecule has 23 heavy (non-hydrogen) atoms. The van der Waals surface area contributed by atoms with Gasteiger partial charge < -0.3 is 15.1 Å². The first-order valence-corrected chi connectivity index (χ1v) is 8.02. The second-order valence-corrected chi connectivity index (χ2v) is 6.18. The van der Waals surface area contributed by atoms with Crippen LogP contribution in [-0.2, 0) is 4.79 Å². The van der Waals surface area contributed by atoms with Crippen LogP contribution >= 0.6 is 12.4 Å². The molecule has 5 nitrogen and oxygen atoms in total. The molecule has 2 atom stereocenters. The van der Waals surface area contributed by atoms with E-state index in [-0.39, 0.29) is 30.3 Å². The molecule has 1 N–H and O–H groups in total. The summed E-state index contributed by atoms with van der Waals surface area (Å²) in [4.78, 5) is 28.2. The first-order chi connectivity index (χ1) is 10.6. The van der Waals surface area contributed by atoms with Crippen LogP contribution in [0.5, 0.6) is 0 Å². The molecule has 1 aromatic rings. The third-order valence-corrected chi connectivity index (χ3v) is 4.79. The highest BCUT2D eigenvalue weighted by molar-refractivity contribution is 5.97. The molecule has 0 saturated carbocycles. The van der Waals surface area contributed by atoms with E-state index in [9.17, 15) is 9.59 Å². The highest BCUT2D eigenvalue weighted by Gasteiger charge is 2.29. The Morgan fingerprint density at radius 2 is 1.87 bits per heavy atom. The second kappa shape index (κ2) is 7.32. The van der Waals surface area contributed by atoms with Crippen LogP contribution in [0.1, 0.15) is 37.0 Å². The van der Waals surface area contributed by atoms with Gasteiger partial charge in [0, 0.05) is 49.4 Å². The Morgan fingerprint density at radius 3 is 2.48 bits per heavy atom. The molecular formula is C17H24ClN3O2. The van der Waals surface area contributed by atoms with Gasteiger partial charge in [-0.15, -0.1) is 12.4 Å². The van der Waals surface area contributed by atoms with Gasteiger partial charge in [-0.05, 0) is 44.5 Å². The maximum absolute atomic E-state index is 12.7. The van der Waals surface area contributed by atoms with Gasteiger partial charge in [0.15, 0.2) is 0 Å². The lowest BCUT2D eigenvalue weighted by molar-refractivity contribution is -0.117. The summed E-state index contributed by atoms with van der Waals surface area (Å²) in [5, 5.41) is 3.38. The number of carbonyl (C=O) groups excluding carboxylic acids is 2. The van der Waals surface area contributed by atoms with E-state index in [4.69, 9.17) is 0 Å². The maximum Gasteiger partial charge on any atom is 0.254 e. The van der Waals surface area contributed by atoms with Gasteiger partial charge in [0.2, 0.25) is 5.91 Å². The first-order valence-electron chi connectivity index (χ1n) is 8.02. The molecule has 6 heteroatoms. The topological polar surface area (TPSA) is 52.7 Å². The zero-order chi connectivity index (χ0) is 15.7. The monoisotopic (exact) mass is 337 g/mol. The Bertz CT molecular complexity index is 576. The van der Waals surface area contributed by atoms with Crippen molar-refractivity contribution in [3.05, 3.63) is 29.8 Å². The lowest BCUT2D eigenvalue weighted by Crippen LogP contribution is -2.57. The number of halogens is 1. The second-order valence-electron chi connectivity index (χ2n) is 6.18. The van der Waals surface area contributed by atoms with Gasteiger partial charge in [0.25, 0.3) is 5.91 Å². The van der Waals surface area contributed by atoms with E-state index in [0.29, 0.717) is 18.0 Å². The molecule has 2 aliphatic rings. The largest absolute Gasteiger partial charge is 0.333 e. The van der Waals surface area contributed by atoms with Crippen molar-refractivity contribution in [1.82, 2.24) is 10.2 Å². The van der Waals surface area contributed by atoms with Crippen molar-refractivity contribution in [1.29, 1.82) is 0 Å². The van der Waals surface area contributed by atoms with Crippen LogP contribution in [0.2, 0.25) is 0 Å². The summed E-state index contributed by atoms with van der Waals surface area (Å²) in [6, 6.07) is 7.92. The van der Waals surface area contributed by atoms with Crippen LogP contribution in [0.15, 0.2) is 24.3 Å². The van der Waals surface area contributed by atoms with E-state index in [0.717, 1.165) is 31.7 Å². The standard InChI is InChI=1S/C17H23N3O2.ClH/c1-12-13(2)19(11-9-18-12)17(22)14-5-7-15(8-6-14)20-10-3-4-16(20)21;/h5-8,12-13,18H,3-4,9-11H2,1-2H3;1H. The van der Waals surface area contributed by atoms with Crippen molar-refractivity contribution in [2.24, 2.45) is 0 Å². The fourth-order valence-corrected chi connectivity index (χ4v) is 3.21. The number of hydrogen-bond donors (Lipinski definition) is 1. The van der Waals surface area contributed by atoms with Gasteiger partial charge in [0.05, 0.1) is 0 Å². The molecule has 2 heterocycles. The Kier molecular flexibility index (Phi) is 5.65. The van der Waals surface area contributed by atoms with Crippen LogP contribution < -0.4 is 10.2 Å². The summed E-state index contributed by atoms with van der Waals surface area (Å²) in [5.74, 6) is 0.240. The number of nitrogens with zero attached hydrogens (tertiary/aromatic N) is 2. The van der Waals surface area contributed by atoms with Crippen molar-refractivity contribution in [2.75, 3.05) is 24.5 Å². The van der Waals surface area contributed by atoms with E-state index in [2.05, 4.69) is 19.2 Å². The molecule has 2 fully saturated rings. The zero-order valence-corrected chi connectivity index (χ0v) is 14.4. The Labute approximate surface area is 143 Å². The van der Waals surface area contributed by atoms with Crippen LogP contribution in [0.4, 0.5) is 5.69 Å². The van der Waals surface area contributed by atoms with Crippen molar-refractivity contribution < 1.29 is 9.59 Å². The van der Waals surface area contributed by atoms with Gasteiger partial charge in [-0.1, -0.05) is 0 Å². The summed E-state index contributed by atoms with van der Waals surface area (Å²) in [7, 11) is 0. The molecule has 2 aliphatic heterocycles. The Morgan fingerprint density at radius 1 is 1.17 bits per heavy atom. The van der Waals surface area contributed by atoms with Gasteiger partial charge in [-0.25, -0.2) is 0 Å². The number of rotatable bonds is 2. The summed E-state index contributed by atoms with van der Waals surface area (Å²) in [6.45, 7) is 6.52. The molecule has 0 aromatic heterocycles. The van der Waals surface area contributed by atoms with E-state index in [1.165, 1.54) is 0 Å². The highest BCUT2D eigenvalue weighted by atomic mass is 35.5. The van der Waals surface area contributed by atoms with Gasteiger partial charge in [-0.3, -0.25) is 9.59 Å². The fourth-order valence-electron chi connectivity index (χ4n) is 3.21. The van der Waals surface area contributed by atoms with Crippen LogP contribution in [-0.4, -0.2) is 48.4 Å². The van der Waals surface area contributed by atoms with Gasteiger partial charge >= 0.3 is 0 Å². The lowest BCUT2D eigenvalue weighted by Gasteiger charge is -2.38. The molecule has 0 bridgehead atoms. The zero-order valence-electron chi connectivity index (χ0n) is 13.6. The molecule has 3 rings (SSSR count). The van der Waals surface area contributed by atoms with Crippen molar-refractivity contribution in [2.45, 2.75) is 38.8 Å². The minimum absolute atomic E-state index is 0. The van der Waals surface area contributed by atoms with Gasteiger partial charge in [-0.2, -0.15) is 0 Å². The quantitative estimate of drug-likeness (QED) is 0.898. The minimum Gasteiger partial charge on any atom is -0.333 e. The summed E-state index contributed by atoms with van der Waals surface area (Å²) in [5.41, 5.74) is 1.58. The molecule has 0 spiro atoms. The summed E-state index contributed by atoms with van der Waals surface area (Å²) >= 11 is 0. The highest BCUT2D eigenvalue weighted by Crippen LogP contribution is 2.22. The average molecular weight is 338 g/mol. The van der Waals surface area contributed by atoms with Crippen molar-refractivity contribution >= 4 is 29.9 Å². The Hall–Kier alpha value is -1.59. The van der Waals surface area contributed by atoms with Crippen molar-refractivity contribution in [3.63, 3.8) is 0 Å². The molecule has 2 unspecified atom stereocenters. The third kappa shape index (κ3) is 3.51. The number of carbonyl (C=O) groups is 2. The average Bonchev–Trinajstić information content (AvgIpc) is 2.96. The van der Waals surface area contributed by atoms with E-state index >= 15 is 0 Å². The third-order valence-electron chi connectivity index (χ3n) is 4.79. The van der Waals surface area contributed by atoms with E-state index in [1.807, 2.05) is 29.2 Å².